The number of hydrogen-bond acceptors (Lipinski definition) is 4. The van der Waals surface area contributed by atoms with Gasteiger partial charge in [0.1, 0.15) is 5.69 Å². The van der Waals surface area contributed by atoms with Crippen molar-refractivity contribution in [2.75, 3.05) is 24.5 Å². The van der Waals surface area contributed by atoms with E-state index in [0.29, 0.717) is 38.2 Å². The molecule has 2 aromatic rings. The Kier molecular flexibility index (Phi) is 5.97. The van der Waals surface area contributed by atoms with Gasteiger partial charge in [0.25, 0.3) is 5.69 Å². The Bertz CT molecular complexity index is 828. The van der Waals surface area contributed by atoms with Gasteiger partial charge >= 0.3 is 0 Å². The number of piperidine rings is 1. The Morgan fingerprint density at radius 1 is 1.11 bits per heavy atom. The molecule has 0 bridgehead atoms. The minimum absolute atomic E-state index is 0.0504. The first kappa shape index (κ1) is 19.9. The first-order valence-electron chi connectivity index (χ1n) is 9.70. The summed E-state index contributed by atoms with van der Waals surface area (Å²) in [6.45, 7) is 6.12. The zero-order chi connectivity index (χ0) is 20.1. The van der Waals surface area contributed by atoms with Crippen LogP contribution in [0.15, 0.2) is 54.6 Å². The van der Waals surface area contributed by atoms with E-state index in [4.69, 9.17) is 0 Å². The van der Waals surface area contributed by atoms with Crippen LogP contribution in [0.5, 0.6) is 0 Å². The number of rotatable bonds is 6. The highest BCUT2D eigenvalue weighted by molar-refractivity contribution is 5.79. The minimum Gasteiger partial charge on any atom is -0.366 e. The molecule has 148 valence electrons. The van der Waals surface area contributed by atoms with E-state index in [2.05, 4.69) is 31.3 Å². The summed E-state index contributed by atoms with van der Waals surface area (Å²) in [5, 5.41) is 14.4. The summed E-state index contributed by atoms with van der Waals surface area (Å²) in [5.74, 6) is 0.0248. The first-order valence-corrected chi connectivity index (χ1v) is 9.70. The molecule has 0 saturated carbocycles. The number of nitrogens with zero attached hydrogens (tertiary/aromatic N) is 2. The van der Waals surface area contributed by atoms with E-state index >= 15 is 0 Å². The van der Waals surface area contributed by atoms with Crippen LogP contribution >= 0.6 is 0 Å². The van der Waals surface area contributed by atoms with Crippen molar-refractivity contribution in [3.8, 4) is 0 Å². The van der Waals surface area contributed by atoms with Crippen LogP contribution in [0.2, 0.25) is 0 Å². The number of nitrogens with one attached hydrogen (secondary N) is 1. The lowest BCUT2D eigenvalue weighted by Crippen LogP contribution is -2.44. The summed E-state index contributed by atoms with van der Waals surface area (Å²) in [4.78, 5) is 25.6. The lowest BCUT2D eigenvalue weighted by atomic mass is 9.84. The molecule has 0 spiro atoms. The second-order valence-electron chi connectivity index (χ2n) is 7.97. The number of nitro benzene ring substituents is 1. The first-order chi connectivity index (χ1) is 13.4. The van der Waals surface area contributed by atoms with Crippen LogP contribution in [0.1, 0.15) is 32.3 Å². The summed E-state index contributed by atoms with van der Waals surface area (Å²) >= 11 is 0. The molecule has 28 heavy (non-hydrogen) atoms. The number of amides is 1. The Labute approximate surface area is 165 Å². The number of carbonyl (C=O) groups excluding carboxylic acids is 1. The second kappa shape index (κ2) is 8.42. The van der Waals surface area contributed by atoms with Gasteiger partial charge in [-0.1, -0.05) is 56.3 Å². The molecule has 1 N–H and O–H groups in total. The van der Waals surface area contributed by atoms with Crippen molar-refractivity contribution in [2.45, 2.75) is 32.1 Å². The molecular formula is C22H27N3O3. The third-order valence-corrected chi connectivity index (χ3v) is 5.54. The number of anilines is 1. The number of para-hydroxylation sites is 2. The predicted octanol–water partition coefficient (Wildman–Crippen LogP) is 3.91. The fourth-order valence-corrected chi connectivity index (χ4v) is 3.71. The smallest absolute Gasteiger partial charge is 0.292 e. The topological polar surface area (TPSA) is 75.5 Å². The quantitative estimate of drug-likeness (QED) is 0.608. The molecule has 1 saturated heterocycles. The van der Waals surface area contributed by atoms with Crippen LogP contribution in [0.4, 0.5) is 11.4 Å². The average molecular weight is 381 g/mol. The van der Waals surface area contributed by atoms with Crippen LogP contribution in [-0.4, -0.2) is 30.5 Å². The number of benzene rings is 2. The molecule has 1 heterocycles. The van der Waals surface area contributed by atoms with Crippen LogP contribution < -0.4 is 10.2 Å². The highest BCUT2D eigenvalue weighted by Gasteiger charge is 2.29. The van der Waals surface area contributed by atoms with E-state index in [1.807, 2.05) is 29.2 Å². The molecule has 6 heteroatoms. The third-order valence-electron chi connectivity index (χ3n) is 5.54. The van der Waals surface area contributed by atoms with Gasteiger partial charge in [-0.2, -0.15) is 0 Å². The van der Waals surface area contributed by atoms with E-state index < -0.39 is 0 Å². The molecule has 0 aromatic heterocycles. The molecule has 0 radical (unpaired) electrons. The lowest BCUT2D eigenvalue weighted by molar-refractivity contribution is -0.384. The van der Waals surface area contributed by atoms with E-state index in [1.165, 1.54) is 11.6 Å². The highest BCUT2D eigenvalue weighted by Crippen LogP contribution is 2.31. The summed E-state index contributed by atoms with van der Waals surface area (Å²) in [6.07, 6.45) is 1.40. The summed E-state index contributed by atoms with van der Waals surface area (Å²) in [5.41, 5.74) is 1.82. The molecule has 2 aromatic carbocycles. The summed E-state index contributed by atoms with van der Waals surface area (Å²) in [6, 6.07) is 17.0. The third kappa shape index (κ3) is 4.50. The second-order valence-corrected chi connectivity index (χ2v) is 7.97. The Hall–Kier alpha value is -2.89. The number of carbonyl (C=O) groups is 1. The maximum atomic E-state index is 12.7. The van der Waals surface area contributed by atoms with Gasteiger partial charge in [0.15, 0.2) is 0 Å². The molecule has 3 rings (SSSR count). The molecular weight excluding hydrogens is 354 g/mol. The van der Waals surface area contributed by atoms with Gasteiger partial charge in [-0.15, -0.1) is 0 Å². The summed E-state index contributed by atoms with van der Waals surface area (Å²) < 4.78 is 0. The zero-order valence-corrected chi connectivity index (χ0v) is 16.4. The summed E-state index contributed by atoms with van der Waals surface area (Å²) in [7, 11) is 0. The molecule has 1 aliphatic rings. The Balaban J connectivity index is 1.55. The van der Waals surface area contributed by atoms with Gasteiger partial charge in [0.05, 0.1) is 4.92 Å². The SMILES string of the molecule is CC(C)(CNC(=O)C1CCN(c2ccccc2[N+](=O)[O-])CC1)c1ccccc1. The maximum absolute atomic E-state index is 12.7. The van der Waals surface area contributed by atoms with Crippen molar-refractivity contribution in [1.82, 2.24) is 5.32 Å². The van der Waals surface area contributed by atoms with Gasteiger partial charge in [-0.05, 0) is 24.5 Å². The Morgan fingerprint density at radius 3 is 2.36 bits per heavy atom. The van der Waals surface area contributed by atoms with Crippen molar-refractivity contribution in [2.24, 2.45) is 5.92 Å². The fraction of sp³-hybridized carbons (Fsp3) is 0.409. The van der Waals surface area contributed by atoms with Crippen LogP contribution in [-0.2, 0) is 10.2 Å². The van der Waals surface area contributed by atoms with Gasteiger partial charge in [0, 0.05) is 37.0 Å². The molecule has 1 fully saturated rings. The normalized spacial score (nSPS) is 15.3. The van der Waals surface area contributed by atoms with E-state index in [-0.39, 0.29) is 27.9 Å². The van der Waals surface area contributed by atoms with Gasteiger partial charge in [-0.25, -0.2) is 0 Å². The molecule has 0 unspecified atom stereocenters. The van der Waals surface area contributed by atoms with E-state index in [9.17, 15) is 14.9 Å². The van der Waals surface area contributed by atoms with Crippen LogP contribution in [0.3, 0.4) is 0 Å². The fourth-order valence-electron chi connectivity index (χ4n) is 3.71. The van der Waals surface area contributed by atoms with Gasteiger partial charge < -0.3 is 10.2 Å². The van der Waals surface area contributed by atoms with Crippen molar-refractivity contribution in [1.29, 1.82) is 0 Å². The zero-order valence-electron chi connectivity index (χ0n) is 16.4. The monoisotopic (exact) mass is 381 g/mol. The predicted molar refractivity (Wildman–Crippen MR) is 111 cm³/mol. The Morgan fingerprint density at radius 2 is 1.71 bits per heavy atom. The number of hydrogen-bond donors (Lipinski definition) is 1. The lowest BCUT2D eigenvalue weighted by Gasteiger charge is -2.33. The molecule has 6 nitrogen and oxygen atoms in total. The minimum atomic E-state index is -0.347. The average Bonchev–Trinajstić information content (AvgIpc) is 2.73. The molecule has 1 aliphatic heterocycles. The molecule has 1 amide bonds. The van der Waals surface area contributed by atoms with Crippen molar-refractivity contribution < 1.29 is 9.72 Å². The number of nitro groups is 1. The molecule has 0 aliphatic carbocycles. The van der Waals surface area contributed by atoms with Crippen molar-refractivity contribution >= 4 is 17.3 Å². The largest absolute Gasteiger partial charge is 0.366 e. The highest BCUT2D eigenvalue weighted by atomic mass is 16.6. The van der Waals surface area contributed by atoms with Gasteiger partial charge in [-0.3, -0.25) is 14.9 Å². The van der Waals surface area contributed by atoms with E-state index in [1.54, 1.807) is 12.1 Å². The van der Waals surface area contributed by atoms with E-state index in [0.717, 1.165) is 0 Å². The maximum Gasteiger partial charge on any atom is 0.292 e. The van der Waals surface area contributed by atoms with Crippen LogP contribution in [0, 0.1) is 16.0 Å². The standard InChI is InChI=1S/C22H27N3O3/c1-22(2,18-8-4-3-5-9-18)16-23-21(26)17-12-14-24(15-13-17)19-10-6-7-11-20(19)25(27)28/h3-11,17H,12-16H2,1-2H3,(H,23,26). The van der Waals surface area contributed by atoms with Crippen molar-refractivity contribution in [3.63, 3.8) is 0 Å². The van der Waals surface area contributed by atoms with Crippen molar-refractivity contribution in [3.05, 3.63) is 70.3 Å². The molecule has 0 atom stereocenters. The van der Waals surface area contributed by atoms with Crippen LogP contribution in [0.25, 0.3) is 0 Å². The van der Waals surface area contributed by atoms with Gasteiger partial charge in [0.2, 0.25) is 5.91 Å².